The molecule has 0 radical (unpaired) electrons. The summed E-state index contributed by atoms with van der Waals surface area (Å²) < 4.78 is 4.99. The molecule has 0 spiro atoms. The second-order valence-electron chi connectivity index (χ2n) is 8.93. The molecule has 1 aliphatic heterocycles. The van der Waals surface area contributed by atoms with Gasteiger partial charge >= 0.3 is 5.97 Å². The lowest BCUT2D eigenvalue weighted by Crippen LogP contribution is -2.34. The fraction of sp³-hybridized carbons (Fsp3) is 0.440. The molecule has 3 heterocycles. The van der Waals surface area contributed by atoms with Crippen LogP contribution in [0.4, 0.5) is 5.00 Å². The fourth-order valence-corrected chi connectivity index (χ4v) is 7.01. The summed E-state index contributed by atoms with van der Waals surface area (Å²) in [7, 11) is 1.36. The number of carbonyl (C=O) groups is 3. The van der Waals surface area contributed by atoms with Crippen molar-refractivity contribution in [3.63, 3.8) is 0 Å². The number of thioether (sulfide) groups is 1. The minimum Gasteiger partial charge on any atom is -0.465 e. The molecule has 186 valence electrons. The third-order valence-electron chi connectivity index (χ3n) is 5.65. The van der Waals surface area contributed by atoms with Crippen LogP contribution >= 0.6 is 34.4 Å². The SMILES string of the molecule is COC(=O)c1c(NC(=O)CSC2=N/C(=C/c3ccc(C)s3)C(=O)N2CC(C)C)sc2c1CCCC2. The smallest absolute Gasteiger partial charge is 0.341 e. The normalized spacial score (nSPS) is 16.6. The van der Waals surface area contributed by atoms with Crippen molar-refractivity contribution in [3.8, 4) is 0 Å². The van der Waals surface area contributed by atoms with Gasteiger partial charge in [-0.3, -0.25) is 14.5 Å². The number of methoxy groups -OCH3 is 1. The molecule has 2 aliphatic rings. The highest BCUT2D eigenvalue weighted by Crippen LogP contribution is 2.38. The number of thiophene rings is 2. The van der Waals surface area contributed by atoms with Gasteiger partial charge in [0.05, 0.1) is 18.4 Å². The zero-order valence-electron chi connectivity index (χ0n) is 20.3. The van der Waals surface area contributed by atoms with E-state index in [2.05, 4.69) is 10.3 Å². The maximum Gasteiger partial charge on any atom is 0.341 e. The van der Waals surface area contributed by atoms with Crippen LogP contribution < -0.4 is 5.32 Å². The van der Waals surface area contributed by atoms with Gasteiger partial charge in [0.15, 0.2) is 5.17 Å². The fourth-order valence-electron chi connectivity index (χ4n) is 4.10. The van der Waals surface area contributed by atoms with E-state index >= 15 is 0 Å². The zero-order valence-corrected chi connectivity index (χ0v) is 22.8. The highest BCUT2D eigenvalue weighted by Gasteiger charge is 2.32. The third-order valence-corrected chi connectivity index (χ3v) is 8.78. The molecule has 2 aromatic heterocycles. The van der Waals surface area contributed by atoms with Crippen LogP contribution in [0.3, 0.4) is 0 Å². The van der Waals surface area contributed by atoms with Crippen LogP contribution in [0, 0.1) is 12.8 Å². The van der Waals surface area contributed by atoms with Crippen LogP contribution in [-0.2, 0) is 27.2 Å². The Hall–Kier alpha value is -2.43. The Bertz CT molecular complexity index is 1210. The molecule has 4 rings (SSSR count). The summed E-state index contributed by atoms with van der Waals surface area (Å²) in [6.07, 6.45) is 5.65. The third kappa shape index (κ3) is 5.87. The monoisotopic (exact) mass is 531 g/mol. The van der Waals surface area contributed by atoms with E-state index in [0.717, 1.165) is 45.9 Å². The average molecular weight is 532 g/mol. The van der Waals surface area contributed by atoms with Crippen molar-refractivity contribution in [2.24, 2.45) is 10.9 Å². The molecule has 7 nitrogen and oxygen atoms in total. The summed E-state index contributed by atoms with van der Waals surface area (Å²) in [4.78, 5) is 47.9. The van der Waals surface area contributed by atoms with Crippen LogP contribution in [-0.4, -0.2) is 47.3 Å². The van der Waals surface area contributed by atoms with E-state index in [9.17, 15) is 14.4 Å². The Balaban J connectivity index is 1.49. The number of hydrogen-bond acceptors (Lipinski definition) is 8. The minimum atomic E-state index is -0.417. The first kappa shape index (κ1) is 25.7. The second kappa shape index (κ2) is 11.1. The Morgan fingerprint density at radius 2 is 2.03 bits per heavy atom. The van der Waals surface area contributed by atoms with E-state index in [0.29, 0.717) is 28.0 Å². The van der Waals surface area contributed by atoms with Crippen LogP contribution in [0.5, 0.6) is 0 Å². The molecule has 1 N–H and O–H groups in total. The molecule has 0 saturated carbocycles. The van der Waals surface area contributed by atoms with Gasteiger partial charge in [0.25, 0.3) is 5.91 Å². The number of aliphatic imine (C=N–C) groups is 1. The number of aryl methyl sites for hydroxylation is 2. The molecule has 2 amide bonds. The number of hydrogen-bond donors (Lipinski definition) is 1. The zero-order chi connectivity index (χ0) is 25.1. The van der Waals surface area contributed by atoms with Gasteiger partial charge in [0.2, 0.25) is 5.91 Å². The number of esters is 1. The lowest BCUT2D eigenvalue weighted by atomic mass is 9.95. The Kier molecular flexibility index (Phi) is 8.13. The predicted octanol–water partition coefficient (Wildman–Crippen LogP) is 5.35. The molecule has 10 heteroatoms. The van der Waals surface area contributed by atoms with Crippen molar-refractivity contribution in [2.75, 3.05) is 24.7 Å². The van der Waals surface area contributed by atoms with Crippen LogP contribution in [0.25, 0.3) is 6.08 Å². The molecular formula is C25H29N3O4S3. The van der Waals surface area contributed by atoms with E-state index in [1.54, 1.807) is 22.3 Å². The molecule has 2 aromatic rings. The van der Waals surface area contributed by atoms with Crippen molar-refractivity contribution in [2.45, 2.75) is 46.5 Å². The van der Waals surface area contributed by atoms with Gasteiger partial charge in [0, 0.05) is 21.2 Å². The molecule has 0 fully saturated rings. The van der Waals surface area contributed by atoms with Gasteiger partial charge in [-0.25, -0.2) is 9.79 Å². The number of ether oxygens (including phenoxy) is 1. The average Bonchev–Trinajstić information content (AvgIpc) is 3.48. The summed E-state index contributed by atoms with van der Waals surface area (Å²) in [5.41, 5.74) is 1.87. The van der Waals surface area contributed by atoms with Gasteiger partial charge in [-0.2, -0.15) is 0 Å². The van der Waals surface area contributed by atoms with E-state index in [1.807, 2.05) is 32.9 Å². The van der Waals surface area contributed by atoms with E-state index < -0.39 is 5.97 Å². The molecule has 35 heavy (non-hydrogen) atoms. The maximum absolute atomic E-state index is 13.0. The highest BCUT2D eigenvalue weighted by molar-refractivity contribution is 8.14. The minimum absolute atomic E-state index is 0.0786. The first-order valence-electron chi connectivity index (χ1n) is 11.6. The summed E-state index contributed by atoms with van der Waals surface area (Å²) in [6, 6.07) is 3.98. The highest BCUT2D eigenvalue weighted by atomic mass is 32.2. The Morgan fingerprint density at radius 3 is 2.71 bits per heavy atom. The number of nitrogens with one attached hydrogen (secondary N) is 1. The van der Waals surface area contributed by atoms with E-state index in [-0.39, 0.29) is 23.5 Å². The van der Waals surface area contributed by atoms with Crippen molar-refractivity contribution in [1.82, 2.24) is 4.90 Å². The van der Waals surface area contributed by atoms with Gasteiger partial charge in [-0.15, -0.1) is 22.7 Å². The molecule has 0 bridgehead atoms. The standard InChI is InChI=1S/C25H29N3O4S3/c1-14(2)12-28-23(30)18(11-16-10-9-15(3)34-16)26-25(28)33-13-20(29)27-22-21(24(31)32-4)17-7-5-6-8-19(17)35-22/h9-11,14H,5-8,12-13H2,1-4H3,(H,27,29)/b18-11+. The van der Waals surface area contributed by atoms with Gasteiger partial charge < -0.3 is 10.1 Å². The van der Waals surface area contributed by atoms with Gasteiger partial charge in [-0.1, -0.05) is 25.6 Å². The summed E-state index contributed by atoms with van der Waals surface area (Å²) in [6.45, 7) is 6.63. The number of rotatable bonds is 7. The summed E-state index contributed by atoms with van der Waals surface area (Å²) >= 11 is 4.30. The first-order valence-corrected chi connectivity index (χ1v) is 14.2. The maximum atomic E-state index is 13.0. The van der Waals surface area contributed by atoms with Crippen LogP contribution in [0.2, 0.25) is 0 Å². The number of fused-ring (bicyclic) bond motifs is 1. The van der Waals surface area contributed by atoms with E-state index in [1.165, 1.54) is 30.2 Å². The lowest BCUT2D eigenvalue weighted by molar-refractivity contribution is -0.122. The second-order valence-corrected chi connectivity index (χ2v) is 12.3. The number of nitrogens with zero attached hydrogens (tertiary/aromatic N) is 2. The number of amides is 2. The largest absolute Gasteiger partial charge is 0.465 e. The predicted molar refractivity (Wildman–Crippen MR) is 144 cm³/mol. The lowest BCUT2D eigenvalue weighted by Gasteiger charge is -2.19. The van der Waals surface area contributed by atoms with Crippen LogP contribution in [0.15, 0.2) is 22.8 Å². The molecule has 0 unspecified atom stereocenters. The number of carbonyl (C=O) groups excluding carboxylic acids is 3. The van der Waals surface area contributed by atoms with Crippen molar-refractivity contribution in [3.05, 3.63) is 43.6 Å². The molecule has 0 saturated heterocycles. The molecule has 0 atom stereocenters. The van der Waals surface area contributed by atoms with Crippen molar-refractivity contribution < 1.29 is 19.1 Å². The number of anilines is 1. The Labute approximate surface area is 217 Å². The van der Waals surface area contributed by atoms with Gasteiger partial charge in [0.1, 0.15) is 10.7 Å². The van der Waals surface area contributed by atoms with Crippen LogP contribution in [0.1, 0.15) is 57.2 Å². The number of amidine groups is 1. The summed E-state index contributed by atoms with van der Waals surface area (Å²) in [5.74, 6) is -0.479. The molecule has 0 aromatic carbocycles. The van der Waals surface area contributed by atoms with Crippen molar-refractivity contribution >= 4 is 68.5 Å². The van der Waals surface area contributed by atoms with Gasteiger partial charge in [-0.05, 0) is 62.3 Å². The first-order chi connectivity index (χ1) is 16.8. The van der Waals surface area contributed by atoms with E-state index in [4.69, 9.17) is 4.74 Å². The molecule has 1 aliphatic carbocycles. The molecular weight excluding hydrogens is 502 g/mol. The topological polar surface area (TPSA) is 88.1 Å². The van der Waals surface area contributed by atoms with Crippen molar-refractivity contribution in [1.29, 1.82) is 0 Å². The Morgan fingerprint density at radius 1 is 1.26 bits per heavy atom. The quantitative estimate of drug-likeness (QED) is 0.384. The summed E-state index contributed by atoms with van der Waals surface area (Å²) in [5, 5.41) is 3.99.